The second-order valence-electron chi connectivity index (χ2n) is 5.38. The van der Waals surface area contributed by atoms with E-state index >= 15 is 0 Å². The molecule has 0 aromatic rings. The molecule has 1 fully saturated rings. The van der Waals surface area contributed by atoms with E-state index in [0.29, 0.717) is 0 Å². The van der Waals surface area contributed by atoms with E-state index in [1.165, 1.54) is 70.6 Å². The van der Waals surface area contributed by atoms with Gasteiger partial charge in [-0.05, 0) is 19.8 Å². The first-order valence-corrected chi connectivity index (χ1v) is 7.60. The van der Waals surface area contributed by atoms with Gasteiger partial charge in [0.25, 0.3) is 0 Å². The van der Waals surface area contributed by atoms with Crippen molar-refractivity contribution in [2.45, 2.75) is 83.2 Å². The highest BCUT2D eigenvalue weighted by Gasteiger charge is 2.25. The Bertz CT molecular complexity index is 186. The first-order valence-electron chi connectivity index (χ1n) is 7.60. The Labute approximate surface area is 108 Å². The van der Waals surface area contributed by atoms with Gasteiger partial charge in [-0.25, -0.2) is 0 Å². The Morgan fingerprint density at radius 1 is 0.882 bits per heavy atom. The fourth-order valence-electron chi connectivity index (χ4n) is 2.91. The molecular formula is C16H30O. The van der Waals surface area contributed by atoms with Crippen LogP contribution in [0.25, 0.3) is 0 Å². The minimum absolute atomic E-state index is 0.0199. The Hall–Kier alpha value is -0.300. The van der Waals surface area contributed by atoms with Crippen LogP contribution in [0.2, 0.25) is 0 Å². The molecule has 0 aromatic carbocycles. The second kappa shape index (κ2) is 8.74. The highest BCUT2D eigenvalue weighted by atomic mass is 16.5. The maximum absolute atomic E-state index is 6.01. The van der Waals surface area contributed by atoms with E-state index in [1.807, 2.05) is 0 Å². The van der Waals surface area contributed by atoms with E-state index in [0.717, 1.165) is 6.61 Å². The molecule has 1 rings (SSSR count). The van der Waals surface area contributed by atoms with Crippen LogP contribution in [0.15, 0.2) is 12.7 Å². The van der Waals surface area contributed by atoms with Gasteiger partial charge >= 0.3 is 0 Å². The topological polar surface area (TPSA) is 9.23 Å². The summed E-state index contributed by atoms with van der Waals surface area (Å²) < 4.78 is 6.01. The zero-order valence-electron chi connectivity index (χ0n) is 11.7. The third kappa shape index (κ3) is 5.72. The number of hydrogen-bond donors (Lipinski definition) is 0. The first-order chi connectivity index (χ1) is 8.33. The van der Waals surface area contributed by atoms with Crippen molar-refractivity contribution < 1.29 is 4.74 Å². The molecule has 0 unspecified atom stereocenters. The summed E-state index contributed by atoms with van der Waals surface area (Å²) in [5, 5.41) is 0. The summed E-state index contributed by atoms with van der Waals surface area (Å²) in [4.78, 5) is 0. The molecule has 17 heavy (non-hydrogen) atoms. The highest BCUT2D eigenvalue weighted by molar-refractivity contribution is 4.97. The van der Waals surface area contributed by atoms with Gasteiger partial charge < -0.3 is 4.74 Å². The van der Waals surface area contributed by atoms with E-state index in [2.05, 4.69) is 19.6 Å². The maximum Gasteiger partial charge on any atom is 0.0859 e. The average molecular weight is 238 g/mol. The number of rotatable bonds is 3. The Kier molecular flexibility index (Phi) is 7.59. The van der Waals surface area contributed by atoms with Crippen LogP contribution < -0.4 is 0 Å². The molecule has 0 spiro atoms. The zero-order chi connectivity index (χ0) is 12.4. The van der Waals surface area contributed by atoms with Crippen LogP contribution in [-0.2, 0) is 4.74 Å². The zero-order valence-corrected chi connectivity index (χ0v) is 11.7. The van der Waals surface area contributed by atoms with Crippen molar-refractivity contribution in [2.24, 2.45) is 0 Å². The van der Waals surface area contributed by atoms with E-state index in [-0.39, 0.29) is 5.60 Å². The molecule has 0 radical (unpaired) electrons. The largest absolute Gasteiger partial charge is 0.371 e. The van der Waals surface area contributed by atoms with E-state index in [4.69, 9.17) is 4.74 Å². The minimum Gasteiger partial charge on any atom is -0.371 e. The van der Waals surface area contributed by atoms with Gasteiger partial charge in [-0.15, -0.1) is 6.58 Å². The van der Waals surface area contributed by atoms with Crippen molar-refractivity contribution in [1.29, 1.82) is 0 Å². The lowest BCUT2D eigenvalue weighted by Gasteiger charge is -2.31. The molecule has 0 saturated heterocycles. The summed E-state index contributed by atoms with van der Waals surface area (Å²) in [6.45, 7) is 6.93. The van der Waals surface area contributed by atoms with Crippen LogP contribution in [0.3, 0.4) is 0 Å². The van der Waals surface area contributed by atoms with Crippen molar-refractivity contribution in [1.82, 2.24) is 0 Å². The summed E-state index contributed by atoms with van der Waals surface area (Å²) in [7, 11) is 0. The molecule has 0 aliphatic heterocycles. The molecule has 0 N–H and O–H groups in total. The molecule has 0 amide bonds. The van der Waals surface area contributed by atoms with E-state index in [9.17, 15) is 0 Å². The quantitative estimate of drug-likeness (QED) is 0.610. The Balaban J connectivity index is 2.48. The van der Waals surface area contributed by atoms with Crippen LogP contribution in [-0.4, -0.2) is 12.2 Å². The normalized spacial score (nSPS) is 23.4. The van der Waals surface area contributed by atoms with Crippen molar-refractivity contribution in [3.05, 3.63) is 12.7 Å². The Morgan fingerprint density at radius 2 is 1.29 bits per heavy atom. The predicted molar refractivity (Wildman–Crippen MR) is 75.3 cm³/mol. The summed E-state index contributed by atoms with van der Waals surface area (Å²) in [5.74, 6) is 0. The van der Waals surface area contributed by atoms with Gasteiger partial charge in [0.1, 0.15) is 0 Å². The molecule has 100 valence electrons. The van der Waals surface area contributed by atoms with Crippen molar-refractivity contribution in [3.8, 4) is 0 Å². The molecule has 0 aromatic heterocycles. The maximum atomic E-state index is 6.01. The molecule has 0 heterocycles. The molecule has 0 atom stereocenters. The monoisotopic (exact) mass is 238 g/mol. The third-order valence-corrected chi connectivity index (χ3v) is 4.00. The van der Waals surface area contributed by atoms with Crippen LogP contribution >= 0.6 is 0 Å². The van der Waals surface area contributed by atoms with Gasteiger partial charge in [-0.1, -0.05) is 63.9 Å². The van der Waals surface area contributed by atoms with Crippen molar-refractivity contribution in [2.75, 3.05) is 6.61 Å². The lowest BCUT2D eigenvalue weighted by atomic mass is 9.88. The molecule has 1 aliphatic carbocycles. The van der Waals surface area contributed by atoms with Gasteiger partial charge in [0.2, 0.25) is 0 Å². The second-order valence-corrected chi connectivity index (χ2v) is 5.38. The molecule has 1 aliphatic rings. The van der Waals surface area contributed by atoms with Crippen LogP contribution in [0, 0.1) is 0 Å². The SMILES string of the molecule is C=CC1(OCC)CCCCCCCCCCC1. The average Bonchev–Trinajstić information content (AvgIpc) is 2.33. The van der Waals surface area contributed by atoms with E-state index < -0.39 is 0 Å². The fraction of sp³-hybridized carbons (Fsp3) is 0.875. The molecule has 1 nitrogen and oxygen atoms in total. The first kappa shape index (κ1) is 14.8. The smallest absolute Gasteiger partial charge is 0.0859 e. The standard InChI is InChI=1S/C16H30O/c1-3-16(17-4-2)14-12-10-8-6-5-7-9-11-13-15-16/h3H,1,4-15H2,2H3. The van der Waals surface area contributed by atoms with Crippen LogP contribution in [0.4, 0.5) is 0 Å². The number of ether oxygens (including phenoxy) is 1. The summed E-state index contributed by atoms with van der Waals surface area (Å²) in [6, 6.07) is 0. The molecule has 0 bridgehead atoms. The van der Waals surface area contributed by atoms with Gasteiger partial charge in [-0.3, -0.25) is 0 Å². The summed E-state index contributed by atoms with van der Waals surface area (Å²) >= 11 is 0. The van der Waals surface area contributed by atoms with Crippen molar-refractivity contribution in [3.63, 3.8) is 0 Å². The van der Waals surface area contributed by atoms with Crippen molar-refractivity contribution >= 4 is 0 Å². The minimum atomic E-state index is -0.0199. The Morgan fingerprint density at radius 3 is 1.65 bits per heavy atom. The third-order valence-electron chi connectivity index (χ3n) is 4.00. The van der Waals surface area contributed by atoms with Gasteiger partial charge in [-0.2, -0.15) is 0 Å². The number of hydrogen-bond acceptors (Lipinski definition) is 1. The van der Waals surface area contributed by atoms with Gasteiger partial charge in [0, 0.05) is 6.61 Å². The van der Waals surface area contributed by atoms with Crippen LogP contribution in [0.1, 0.15) is 77.6 Å². The molecule has 1 saturated carbocycles. The predicted octanol–water partition coefficient (Wildman–Crippen LogP) is 5.25. The fourth-order valence-corrected chi connectivity index (χ4v) is 2.91. The van der Waals surface area contributed by atoms with Gasteiger partial charge in [0.15, 0.2) is 0 Å². The summed E-state index contributed by atoms with van der Waals surface area (Å²) in [5.41, 5.74) is -0.0199. The lowest BCUT2D eigenvalue weighted by Crippen LogP contribution is -2.30. The lowest BCUT2D eigenvalue weighted by molar-refractivity contribution is -0.0168. The van der Waals surface area contributed by atoms with Crippen LogP contribution in [0.5, 0.6) is 0 Å². The summed E-state index contributed by atoms with van der Waals surface area (Å²) in [6.07, 6.45) is 16.8. The molecular weight excluding hydrogens is 208 g/mol. The molecule has 1 heteroatoms. The van der Waals surface area contributed by atoms with Gasteiger partial charge in [0.05, 0.1) is 5.60 Å². The van der Waals surface area contributed by atoms with E-state index in [1.54, 1.807) is 0 Å². The highest BCUT2D eigenvalue weighted by Crippen LogP contribution is 2.29.